The van der Waals surface area contributed by atoms with Crippen LogP contribution in [0.15, 0.2) is 65.6 Å². The number of sulfonamides is 1. The molecule has 0 aliphatic carbocycles. The molecule has 156 valence electrons. The maximum absolute atomic E-state index is 14.3. The van der Waals surface area contributed by atoms with Gasteiger partial charge in [0.05, 0.1) is 16.1 Å². The molecule has 0 saturated carbocycles. The summed E-state index contributed by atoms with van der Waals surface area (Å²) in [5.74, 6) is -2.26. The van der Waals surface area contributed by atoms with Crippen LogP contribution in [-0.2, 0) is 10.0 Å². The number of primary sulfonamides is 1. The summed E-state index contributed by atoms with van der Waals surface area (Å²) in [5, 5.41) is 5.95. The normalized spacial score (nSPS) is 11.2. The number of nitrogens with two attached hydrogens (primary N) is 1. The molecular formula is C20H15ClF2N2O4S. The Balaban J connectivity index is 2.13. The van der Waals surface area contributed by atoms with E-state index in [0.717, 1.165) is 24.3 Å². The lowest BCUT2D eigenvalue weighted by molar-refractivity contribution is 0.0875. The molecule has 0 aliphatic heterocycles. The van der Waals surface area contributed by atoms with Crippen LogP contribution < -0.4 is 15.0 Å². The van der Waals surface area contributed by atoms with Crippen LogP contribution in [0.3, 0.4) is 0 Å². The van der Waals surface area contributed by atoms with E-state index < -0.39 is 33.1 Å². The van der Waals surface area contributed by atoms with Gasteiger partial charge in [-0.05, 0) is 67.1 Å². The smallest absolute Gasteiger partial charge is 0.294 e. The summed E-state index contributed by atoms with van der Waals surface area (Å²) in [6, 6.07) is 12.0. The molecule has 0 spiro atoms. The maximum Gasteiger partial charge on any atom is 0.294 e. The van der Waals surface area contributed by atoms with Gasteiger partial charge in [0.25, 0.3) is 5.91 Å². The molecule has 0 bridgehead atoms. The molecule has 0 saturated heterocycles. The van der Waals surface area contributed by atoms with Gasteiger partial charge in [0.2, 0.25) is 10.0 Å². The molecule has 30 heavy (non-hydrogen) atoms. The minimum absolute atomic E-state index is 0.0466. The summed E-state index contributed by atoms with van der Waals surface area (Å²) < 4.78 is 51.2. The summed E-state index contributed by atoms with van der Waals surface area (Å²) >= 11 is 5.88. The third-order valence-corrected chi connectivity index (χ3v) is 5.20. The predicted octanol–water partition coefficient (Wildman–Crippen LogP) is 4.21. The Labute approximate surface area is 176 Å². The topological polar surface area (TPSA) is 89.7 Å². The Hall–Kier alpha value is -3.01. The minimum atomic E-state index is -4.09. The number of anilines is 1. The van der Waals surface area contributed by atoms with Crippen LogP contribution in [0, 0.1) is 18.6 Å². The molecule has 2 N–H and O–H groups in total. The predicted molar refractivity (Wildman–Crippen MR) is 108 cm³/mol. The van der Waals surface area contributed by atoms with Crippen LogP contribution in [0.5, 0.6) is 5.75 Å². The molecule has 0 unspecified atom stereocenters. The second-order valence-corrected chi connectivity index (χ2v) is 8.27. The molecule has 10 heteroatoms. The average Bonchev–Trinajstić information content (AvgIpc) is 2.68. The molecule has 3 aromatic rings. The standard InChI is InChI=1S/C20H15ClF2N2O4S/c1-12-9-14(22)6-8-19(12)29-25(15-3-2-4-16(11-15)30(24,27)28)20(26)17-10-13(21)5-7-18(17)23/h2-11H,1H3,(H2,24,27,28). The molecule has 0 atom stereocenters. The van der Waals surface area contributed by atoms with Crippen LogP contribution in [0.4, 0.5) is 14.5 Å². The lowest BCUT2D eigenvalue weighted by Gasteiger charge is -2.24. The van der Waals surface area contributed by atoms with Gasteiger partial charge in [-0.1, -0.05) is 17.7 Å². The van der Waals surface area contributed by atoms with Crippen LogP contribution in [0.2, 0.25) is 5.02 Å². The van der Waals surface area contributed by atoms with Crippen molar-refractivity contribution in [1.82, 2.24) is 0 Å². The number of halogens is 3. The van der Waals surface area contributed by atoms with E-state index >= 15 is 0 Å². The Kier molecular flexibility index (Phi) is 6.06. The van der Waals surface area contributed by atoms with Gasteiger partial charge in [-0.3, -0.25) is 4.79 Å². The van der Waals surface area contributed by atoms with Gasteiger partial charge in [-0.2, -0.15) is 0 Å². The third-order valence-electron chi connectivity index (χ3n) is 4.05. The number of hydrogen-bond donors (Lipinski definition) is 1. The quantitative estimate of drug-likeness (QED) is 0.587. The summed E-state index contributed by atoms with van der Waals surface area (Å²) in [7, 11) is -4.09. The fourth-order valence-corrected chi connectivity index (χ4v) is 3.31. The van der Waals surface area contributed by atoms with Crippen LogP contribution in [-0.4, -0.2) is 14.3 Å². The zero-order chi connectivity index (χ0) is 22.1. The van der Waals surface area contributed by atoms with Crippen molar-refractivity contribution in [3.8, 4) is 5.75 Å². The molecule has 6 nitrogen and oxygen atoms in total. The van der Waals surface area contributed by atoms with Crippen molar-refractivity contribution in [2.45, 2.75) is 11.8 Å². The number of hydrogen-bond acceptors (Lipinski definition) is 4. The first-order chi connectivity index (χ1) is 14.1. The van der Waals surface area contributed by atoms with Gasteiger partial charge in [0.15, 0.2) is 5.75 Å². The number of amides is 1. The highest BCUT2D eigenvalue weighted by Crippen LogP contribution is 2.27. The van der Waals surface area contributed by atoms with E-state index in [9.17, 15) is 22.0 Å². The van der Waals surface area contributed by atoms with Crippen molar-refractivity contribution in [2.75, 3.05) is 5.06 Å². The molecule has 0 aromatic heterocycles. The second-order valence-electron chi connectivity index (χ2n) is 6.27. The minimum Gasteiger partial charge on any atom is -0.371 e. The van der Waals surface area contributed by atoms with Crippen molar-refractivity contribution in [1.29, 1.82) is 0 Å². The van der Waals surface area contributed by atoms with Gasteiger partial charge in [0.1, 0.15) is 11.6 Å². The Bertz CT molecular complexity index is 1240. The molecule has 0 heterocycles. The zero-order valence-electron chi connectivity index (χ0n) is 15.5. The second kappa shape index (κ2) is 8.39. The first-order valence-electron chi connectivity index (χ1n) is 8.43. The number of hydroxylamine groups is 1. The summed E-state index contributed by atoms with van der Waals surface area (Å²) in [4.78, 5) is 18.5. The van der Waals surface area contributed by atoms with Crippen molar-refractivity contribution >= 4 is 33.2 Å². The van der Waals surface area contributed by atoms with Crippen LogP contribution >= 0.6 is 11.6 Å². The van der Waals surface area contributed by atoms with Gasteiger partial charge in [-0.15, -0.1) is 5.06 Å². The van der Waals surface area contributed by atoms with Crippen LogP contribution in [0.25, 0.3) is 0 Å². The number of carbonyl (C=O) groups excluding carboxylic acids is 1. The first kappa shape index (κ1) is 21.7. The molecule has 3 rings (SSSR count). The summed E-state index contributed by atoms with van der Waals surface area (Å²) in [6.07, 6.45) is 0. The average molecular weight is 453 g/mol. The van der Waals surface area contributed by atoms with E-state index in [1.54, 1.807) is 6.92 Å². The van der Waals surface area contributed by atoms with E-state index in [-0.39, 0.29) is 21.4 Å². The van der Waals surface area contributed by atoms with Gasteiger partial charge in [-0.25, -0.2) is 22.3 Å². The molecule has 0 radical (unpaired) electrons. The molecule has 3 aromatic carbocycles. The summed E-state index contributed by atoms with van der Waals surface area (Å²) in [6.45, 7) is 1.54. The number of carbonyl (C=O) groups is 1. The highest BCUT2D eigenvalue weighted by molar-refractivity contribution is 7.89. The Morgan fingerprint density at radius 1 is 1.07 bits per heavy atom. The van der Waals surface area contributed by atoms with Gasteiger partial charge < -0.3 is 4.84 Å². The van der Waals surface area contributed by atoms with E-state index in [0.29, 0.717) is 10.6 Å². The fourth-order valence-electron chi connectivity index (χ4n) is 2.58. The number of nitrogens with zero attached hydrogens (tertiary/aromatic N) is 1. The first-order valence-corrected chi connectivity index (χ1v) is 10.3. The number of benzene rings is 3. The van der Waals surface area contributed by atoms with Gasteiger partial charge in [0, 0.05) is 5.02 Å². The van der Waals surface area contributed by atoms with E-state index in [1.165, 1.54) is 36.4 Å². The Morgan fingerprint density at radius 3 is 2.47 bits per heavy atom. The van der Waals surface area contributed by atoms with E-state index in [2.05, 4.69) is 0 Å². The SMILES string of the molecule is Cc1cc(F)ccc1ON(C(=O)c1cc(Cl)ccc1F)c1cccc(S(N)(=O)=O)c1. The van der Waals surface area contributed by atoms with Crippen molar-refractivity contribution < 1.29 is 26.8 Å². The monoisotopic (exact) mass is 452 g/mol. The summed E-state index contributed by atoms with van der Waals surface area (Å²) in [5.41, 5.74) is -0.111. The Morgan fingerprint density at radius 2 is 1.80 bits per heavy atom. The number of aryl methyl sites for hydroxylation is 1. The maximum atomic E-state index is 14.3. The lowest BCUT2D eigenvalue weighted by atomic mass is 10.2. The highest BCUT2D eigenvalue weighted by atomic mass is 35.5. The van der Waals surface area contributed by atoms with Crippen molar-refractivity contribution in [3.63, 3.8) is 0 Å². The third kappa shape index (κ3) is 4.76. The largest absolute Gasteiger partial charge is 0.371 e. The zero-order valence-corrected chi connectivity index (χ0v) is 17.0. The van der Waals surface area contributed by atoms with Crippen LogP contribution in [0.1, 0.15) is 15.9 Å². The van der Waals surface area contributed by atoms with Crippen molar-refractivity contribution in [2.24, 2.45) is 5.14 Å². The molecule has 1 amide bonds. The van der Waals surface area contributed by atoms with E-state index in [4.69, 9.17) is 21.6 Å². The number of rotatable bonds is 5. The van der Waals surface area contributed by atoms with Gasteiger partial charge >= 0.3 is 0 Å². The van der Waals surface area contributed by atoms with E-state index in [1.807, 2.05) is 0 Å². The lowest BCUT2D eigenvalue weighted by Crippen LogP contribution is -2.35. The highest BCUT2D eigenvalue weighted by Gasteiger charge is 2.25. The molecule has 0 fully saturated rings. The molecule has 0 aliphatic rings. The molecular weight excluding hydrogens is 438 g/mol. The van der Waals surface area contributed by atoms with Crippen molar-refractivity contribution in [3.05, 3.63) is 88.4 Å². The fraction of sp³-hybridized carbons (Fsp3) is 0.0500.